The molecule has 0 aliphatic heterocycles. The van der Waals surface area contributed by atoms with Crippen molar-refractivity contribution in [3.63, 3.8) is 0 Å². The molecule has 0 saturated heterocycles. The molecule has 0 radical (unpaired) electrons. The Bertz CT molecular complexity index is 882. The SMILES string of the molecule is CN/C(C#N)=C(\C)c1ccc(CCCCc2cccc(C(C)(C)F)c2)c(C)c1. The van der Waals surface area contributed by atoms with Gasteiger partial charge in [-0.05, 0) is 86.8 Å². The molecule has 0 bridgehead atoms. The number of aryl methyl sites for hydroxylation is 3. The molecule has 0 atom stereocenters. The van der Waals surface area contributed by atoms with Gasteiger partial charge in [0.05, 0.1) is 0 Å². The smallest absolute Gasteiger partial charge is 0.130 e. The van der Waals surface area contributed by atoms with Gasteiger partial charge in [0.2, 0.25) is 0 Å². The summed E-state index contributed by atoms with van der Waals surface area (Å²) in [6, 6.07) is 16.5. The van der Waals surface area contributed by atoms with Crippen LogP contribution in [0.5, 0.6) is 0 Å². The van der Waals surface area contributed by atoms with Crippen LogP contribution < -0.4 is 5.32 Å². The Labute approximate surface area is 169 Å². The van der Waals surface area contributed by atoms with Gasteiger partial charge in [-0.3, -0.25) is 0 Å². The number of unbranched alkanes of at least 4 members (excludes halogenated alkanes) is 1. The maximum atomic E-state index is 14.1. The maximum absolute atomic E-state index is 14.1. The van der Waals surface area contributed by atoms with Gasteiger partial charge in [-0.2, -0.15) is 5.26 Å². The molecule has 0 aliphatic carbocycles. The topological polar surface area (TPSA) is 35.8 Å². The lowest BCUT2D eigenvalue weighted by molar-refractivity contribution is 0.221. The van der Waals surface area contributed by atoms with E-state index in [0.29, 0.717) is 5.70 Å². The van der Waals surface area contributed by atoms with Crippen molar-refractivity contribution < 1.29 is 4.39 Å². The fourth-order valence-corrected chi connectivity index (χ4v) is 3.42. The molecule has 0 spiro atoms. The number of benzene rings is 2. The lowest BCUT2D eigenvalue weighted by Gasteiger charge is -2.15. The molecule has 2 nitrogen and oxygen atoms in total. The van der Waals surface area contributed by atoms with Crippen molar-refractivity contribution in [3.8, 4) is 6.07 Å². The van der Waals surface area contributed by atoms with Gasteiger partial charge in [-0.25, -0.2) is 4.39 Å². The molecule has 0 unspecified atom stereocenters. The van der Waals surface area contributed by atoms with E-state index >= 15 is 0 Å². The van der Waals surface area contributed by atoms with E-state index in [9.17, 15) is 9.65 Å². The first-order valence-corrected chi connectivity index (χ1v) is 9.93. The van der Waals surface area contributed by atoms with Crippen LogP contribution in [-0.4, -0.2) is 7.05 Å². The normalized spacial score (nSPS) is 12.3. The van der Waals surface area contributed by atoms with Crippen LogP contribution in [0.1, 0.15) is 61.4 Å². The van der Waals surface area contributed by atoms with Crippen LogP contribution in [0.2, 0.25) is 0 Å². The molecule has 0 amide bonds. The minimum Gasteiger partial charge on any atom is -0.379 e. The van der Waals surface area contributed by atoms with E-state index in [-0.39, 0.29) is 0 Å². The number of allylic oxidation sites excluding steroid dienone is 2. The molecule has 2 aromatic rings. The largest absolute Gasteiger partial charge is 0.379 e. The number of hydrogen-bond acceptors (Lipinski definition) is 2. The second-order valence-electron chi connectivity index (χ2n) is 7.88. The highest BCUT2D eigenvalue weighted by molar-refractivity contribution is 5.70. The molecular formula is C25H31FN2. The first kappa shape index (κ1) is 21.7. The number of nitriles is 1. The zero-order valence-corrected chi connectivity index (χ0v) is 17.7. The fourth-order valence-electron chi connectivity index (χ4n) is 3.42. The van der Waals surface area contributed by atoms with Crippen molar-refractivity contribution in [3.05, 3.63) is 76.0 Å². The van der Waals surface area contributed by atoms with Crippen LogP contribution in [0.4, 0.5) is 4.39 Å². The average Bonchev–Trinajstić information content (AvgIpc) is 2.66. The van der Waals surface area contributed by atoms with E-state index in [1.54, 1.807) is 20.9 Å². The minimum atomic E-state index is -1.29. The average molecular weight is 379 g/mol. The van der Waals surface area contributed by atoms with Crippen LogP contribution in [0.3, 0.4) is 0 Å². The van der Waals surface area contributed by atoms with Gasteiger partial charge in [0.15, 0.2) is 0 Å². The fraction of sp³-hybridized carbons (Fsp3) is 0.400. The molecule has 2 aromatic carbocycles. The van der Waals surface area contributed by atoms with Crippen molar-refractivity contribution >= 4 is 5.57 Å². The van der Waals surface area contributed by atoms with Gasteiger partial charge >= 0.3 is 0 Å². The molecule has 0 fully saturated rings. The summed E-state index contributed by atoms with van der Waals surface area (Å²) in [5.74, 6) is 0. The Morgan fingerprint density at radius 3 is 2.43 bits per heavy atom. The molecule has 3 heteroatoms. The summed E-state index contributed by atoms with van der Waals surface area (Å²) in [7, 11) is 1.77. The van der Waals surface area contributed by atoms with Crippen molar-refractivity contribution in [2.75, 3.05) is 7.05 Å². The second kappa shape index (κ2) is 9.55. The summed E-state index contributed by atoms with van der Waals surface area (Å²) in [5, 5.41) is 12.1. The van der Waals surface area contributed by atoms with Gasteiger partial charge < -0.3 is 5.32 Å². The van der Waals surface area contributed by atoms with Crippen LogP contribution in [0, 0.1) is 18.3 Å². The standard InChI is InChI=1S/C25H31FN2/c1-18-15-22(19(2)24(17-27)28-5)14-13-21(18)11-7-6-9-20-10-8-12-23(16-20)25(3,4)26/h8,10,12-16,28H,6-7,9,11H2,1-5H3/b24-19+. The molecule has 0 heterocycles. The Morgan fingerprint density at radius 2 is 1.82 bits per heavy atom. The molecule has 2 rings (SSSR count). The molecule has 28 heavy (non-hydrogen) atoms. The van der Waals surface area contributed by atoms with Crippen molar-refractivity contribution in [2.45, 2.75) is 59.0 Å². The van der Waals surface area contributed by atoms with E-state index in [1.165, 1.54) is 16.7 Å². The maximum Gasteiger partial charge on any atom is 0.130 e. The van der Waals surface area contributed by atoms with Crippen molar-refractivity contribution in [1.29, 1.82) is 5.26 Å². The number of halogens is 1. The third-order valence-corrected chi connectivity index (χ3v) is 5.29. The lowest BCUT2D eigenvalue weighted by Crippen LogP contribution is -2.09. The summed E-state index contributed by atoms with van der Waals surface area (Å²) >= 11 is 0. The van der Waals surface area contributed by atoms with Gasteiger partial charge in [0, 0.05) is 7.05 Å². The summed E-state index contributed by atoms with van der Waals surface area (Å²) in [6.45, 7) is 7.30. The number of hydrogen-bond donors (Lipinski definition) is 1. The highest BCUT2D eigenvalue weighted by atomic mass is 19.1. The van der Waals surface area contributed by atoms with Crippen LogP contribution in [0.25, 0.3) is 5.57 Å². The molecule has 148 valence electrons. The van der Waals surface area contributed by atoms with E-state index in [2.05, 4.69) is 42.6 Å². The molecule has 1 N–H and O–H groups in total. The number of rotatable bonds is 8. The highest BCUT2D eigenvalue weighted by Crippen LogP contribution is 2.26. The Balaban J connectivity index is 1.96. The Kier molecular flexibility index (Phi) is 7.40. The van der Waals surface area contributed by atoms with E-state index in [4.69, 9.17) is 0 Å². The summed E-state index contributed by atoms with van der Waals surface area (Å²) in [4.78, 5) is 0. The molecule has 0 saturated carbocycles. The van der Waals surface area contributed by atoms with Crippen LogP contribution in [-0.2, 0) is 18.5 Å². The van der Waals surface area contributed by atoms with Gasteiger partial charge in [-0.1, -0.05) is 42.5 Å². The zero-order valence-electron chi connectivity index (χ0n) is 17.7. The summed E-state index contributed by atoms with van der Waals surface area (Å²) in [6.07, 6.45) is 4.17. The molecule has 0 aromatic heterocycles. The van der Waals surface area contributed by atoms with E-state index in [0.717, 1.165) is 42.4 Å². The predicted molar refractivity (Wildman–Crippen MR) is 116 cm³/mol. The van der Waals surface area contributed by atoms with Crippen molar-refractivity contribution in [1.82, 2.24) is 5.32 Å². The zero-order chi connectivity index (χ0) is 20.7. The number of nitrogens with one attached hydrogen (secondary N) is 1. The molecule has 0 aliphatic rings. The highest BCUT2D eigenvalue weighted by Gasteiger charge is 2.18. The Morgan fingerprint density at radius 1 is 1.11 bits per heavy atom. The quantitative estimate of drug-likeness (QED) is 0.436. The van der Waals surface area contributed by atoms with E-state index < -0.39 is 5.67 Å². The van der Waals surface area contributed by atoms with Gasteiger partial charge in [-0.15, -0.1) is 0 Å². The van der Waals surface area contributed by atoms with E-state index in [1.807, 2.05) is 25.1 Å². The third-order valence-electron chi connectivity index (χ3n) is 5.29. The van der Waals surface area contributed by atoms with Crippen LogP contribution in [0.15, 0.2) is 48.2 Å². The Hall–Kier alpha value is -2.60. The molecular weight excluding hydrogens is 347 g/mol. The first-order valence-electron chi connectivity index (χ1n) is 9.93. The predicted octanol–water partition coefficient (Wildman–Crippen LogP) is 6.24. The van der Waals surface area contributed by atoms with Gasteiger partial charge in [0.1, 0.15) is 17.4 Å². The monoisotopic (exact) mass is 378 g/mol. The summed E-state index contributed by atoms with van der Waals surface area (Å²) < 4.78 is 14.1. The van der Waals surface area contributed by atoms with Crippen LogP contribution >= 0.6 is 0 Å². The lowest BCUT2D eigenvalue weighted by atomic mass is 9.94. The van der Waals surface area contributed by atoms with Gasteiger partial charge in [0.25, 0.3) is 0 Å². The number of alkyl halides is 1. The van der Waals surface area contributed by atoms with Crippen molar-refractivity contribution in [2.24, 2.45) is 0 Å². The summed E-state index contributed by atoms with van der Waals surface area (Å²) in [5.41, 5.74) is 5.91. The third kappa shape index (κ3) is 5.70. The number of nitrogens with zero attached hydrogens (tertiary/aromatic N) is 1. The first-order chi connectivity index (χ1) is 13.3. The second-order valence-corrected chi connectivity index (χ2v) is 7.88. The minimum absolute atomic E-state index is 0.603.